The number of hydrogen-bond donors (Lipinski definition) is 0. The van der Waals surface area contributed by atoms with Crippen molar-refractivity contribution in [1.82, 2.24) is 19.7 Å². The second-order valence-electron chi connectivity index (χ2n) is 7.98. The summed E-state index contributed by atoms with van der Waals surface area (Å²) in [4.78, 5) is 35.6. The van der Waals surface area contributed by atoms with Crippen LogP contribution in [0.25, 0.3) is 11.0 Å². The number of fused-ring (bicyclic) bond motifs is 1. The summed E-state index contributed by atoms with van der Waals surface area (Å²) in [5.41, 5.74) is 3.74. The number of aryl methyl sites for hydroxylation is 1. The Morgan fingerprint density at radius 3 is 2.58 bits per heavy atom. The quantitative estimate of drug-likeness (QED) is 0.620. The lowest BCUT2D eigenvalue weighted by molar-refractivity contribution is 0.00694. The summed E-state index contributed by atoms with van der Waals surface area (Å²) >= 11 is 1.43. The van der Waals surface area contributed by atoms with E-state index in [-0.39, 0.29) is 11.8 Å². The third kappa shape index (κ3) is 3.57. The molecular weight excluding hydrogens is 416 g/mol. The van der Waals surface area contributed by atoms with E-state index in [0.29, 0.717) is 55.0 Å². The topological polar surface area (TPSA) is 79.1 Å². The number of amides is 2. The number of ether oxygens (including phenoxy) is 1. The molecule has 0 saturated carbocycles. The van der Waals surface area contributed by atoms with Crippen LogP contribution in [0.4, 0.5) is 0 Å². The second-order valence-corrected chi connectivity index (χ2v) is 8.70. The van der Waals surface area contributed by atoms with Crippen molar-refractivity contribution in [2.75, 3.05) is 46.4 Å². The highest BCUT2D eigenvalue weighted by Crippen LogP contribution is 2.30. The average Bonchev–Trinajstić information content (AvgIpc) is 3.41. The minimum atomic E-state index is -0.0683. The van der Waals surface area contributed by atoms with E-state index in [9.17, 15) is 9.59 Å². The maximum absolute atomic E-state index is 13.0. The van der Waals surface area contributed by atoms with Gasteiger partial charge in [0, 0.05) is 67.7 Å². The first-order chi connectivity index (χ1) is 15.0. The second kappa shape index (κ2) is 7.97. The number of aromatic nitrogens is 1. The molecule has 2 aliphatic rings. The van der Waals surface area contributed by atoms with Gasteiger partial charge in [0.2, 0.25) is 0 Å². The molecule has 3 aromatic rings. The van der Waals surface area contributed by atoms with E-state index in [1.807, 2.05) is 34.9 Å². The van der Waals surface area contributed by atoms with Crippen LogP contribution < -0.4 is 4.74 Å². The fourth-order valence-electron chi connectivity index (χ4n) is 4.30. The van der Waals surface area contributed by atoms with Crippen LogP contribution in [0.15, 0.2) is 33.5 Å². The Labute approximate surface area is 184 Å². The number of carbonyl (C=O) groups excluding carboxylic acids is 2. The molecule has 0 radical (unpaired) electrons. The van der Waals surface area contributed by atoms with Gasteiger partial charge in [0.25, 0.3) is 11.8 Å². The molecule has 162 valence electrons. The Morgan fingerprint density at radius 1 is 1.13 bits per heavy atom. The molecule has 4 heterocycles. The fourth-order valence-corrected chi connectivity index (χ4v) is 4.83. The van der Waals surface area contributed by atoms with E-state index in [2.05, 4.69) is 9.88 Å². The number of thiazole rings is 1. The van der Waals surface area contributed by atoms with E-state index in [1.54, 1.807) is 18.0 Å². The highest BCUT2D eigenvalue weighted by Gasteiger charge is 2.38. The lowest BCUT2D eigenvalue weighted by Gasteiger charge is -2.47. The maximum Gasteiger partial charge on any atom is 0.289 e. The van der Waals surface area contributed by atoms with Crippen molar-refractivity contribution in [3.8, 4) is 5.75 Å². The molecule has 0 unspecified atom stereocenters. The molecule has 0 bridgehead atoms. The molecule has 2 aliphatic heterocycles. The standard InChI is InChI=1S/C22H24N4O4S/c1-14-17-4-3-16(29-2)9-19(17)30-20(14)22(28)26-10-15(11-26)24-5-7-25(8-6-24)21(27)18-12-31-13-23-18/h3-4,9,12-13,15H,5-8,10-11H2,1-2H3. The molecular formula is C22H24N4O4S. The zero-order valence-electron chi connectivity index (χ0n) is 17.5. The van der Waals surface area contributed by atoms with Crippen molar-refractivity contribution in [3.63, 3.8) is 0 Å². The molecule has 5 rings (SSSR count). The molecule has 2 saturated heterocycles. The molecule has 0 atom stereocenters. The van der Waals surface area contributed by atoms with E-state index in [4.69, 9.17) is 9.15 Å². The van der Waals surface area contributed by atoms with Crippen LogP contribution in [0.5, 0.6) is 5.75 Å². The summed E-state index contributed by atoms with van der Waals surface area (Å²) in [5.74, 6) is 1.04. The Morgan fingerprint density at radius 2 is 1.90 bits per heavy atom. The van der Waals surface area contributed by atoms with Crippen LogP contribution in [-0.4, -0.2) is 83.9 Å². The predicted octanol–water partition coefficient (Wildman–Crippen LogP) is 2.49. The van der Waals surface area contributed by atoms with Gasteiger partial charge in [-0.15, -0.1) is 11.3 Å². The molecule has 1 aromatic carbocycles. The molecule has 9 heteroatoms. The van der Waals surface area contributed by atoms with Gasteiger partial charge in [0.05, 0.1) is 12.6 Å². The SMILES string of the molecule is COc1ccc2c(C)c(C(=O)N3CC(N4CCN(C(=O)c5cscn5)CC4)C3)oc2c1. The Balaban J connectivity index is 1.18. The summed E-state index contributed by atoms with van der Waals surface area (Å²) in [6.07, 6.45) is 0. The van der Waals surface area contributed by atoms with Gasteiger partial charge in [-0.2, -0.15) is 0 Å². The van der Waals surface area contributed by atoms with Gasteiger partial charge in [-0.3, -0.25) is 14.5 Å². The van der Waals surface area contributed by atoms with Crippen molar-refractivity contribution >= 4 is 34.1 Å². The fraction of sp³-hybridized carbons (Fsp3) is 0.409. The summed E-state index contributed by atoms with van der Waals surface area (Å²) < 4.78 is 11.1. The summed E-state index contributed by atoms with van der Waals surface area (Å²) in [6.45, 7) is 6.27. The first-order valence-corrected chi connectivity index (χ1v) is 11.3. The van der Waals surface area contributed by atoms with Crippen molar-refractivity contribution < 1.29 is 18.7 Å². The molecule has 2 aromatic heterocycles. The van der Waals surface area contributed by atoms with Gasteiger partial charge in [-0.1, -0.05) is 0 Å². The van der Waals surface area contributed by atoms with Crippen LogP contribution in [-0.2, 0) is 0 Å². The average molecular weight is 441 g/mol. The molecule has 0 N–H and O–H groups in total. The van der Waals surface area contributed by atoms with Crippen LogP contribution >= 0.6 is 11.3 Å². The van der Waals surface area contributed by atoms with Gasteiger partial charge < -0.3 is 19.0 Å². The van der Waals surface area contributed by atoms with E-state index in [1.165, 1.54) is 11.3 Å². The molecule has 0 spiro atoms. The van der Waals surface area contributed by atoms with Crippen molar-refractivity contribution in [2.45, 2.75) is 13.0 Å². The zero-order chi connectivity index (χ0) is 21.5. The Bertz CT molecular complexity index is 1110. The smallest absolute Gasteiger partial charge is 0.289 e. The van der Waals surface area contributed by atoms with E-state index in [0.717, 1.165) is 24.0 Å². The third-order valence-electron chi connectivity index (χ3n) is 6.26. The third-order valence-corrected chi connectivity index (χ3v) is 6.84. The minimum absolute atomic E-state index is 0.00306. The molecule has 8 nitrogen and oxygen atoms in total. The lowest BCUT2D eigenvalue weighted by Crippen LogP contribution is -2.64. The van der Waals surface area contributed by atoms with Gasteiger partial charge in [0.15, 0.2) is 5.76 Å². The molecule has 2 amide bonds. The molecule has 0 aliphatic carbocycles. The number of rotatable bonds is 4. The van der Waals surface area contributed by atoms with Gasteiger partial charge >= 0.3 is 0 Å². The van der Waals surface area contributed by atoms with Crippen LogP contribution in [0.3, 0.4) is 0 Å². The largest absolute Gasteiger partial charge is 0.497 e. The van der Waals surface area contributed by atoms with Crippen molar-refractivity contribution in [3.05, 3.63) is 46.1 Å². The number of piperazine rings is 1. The lowest BCUT2D eigenvalue weighted by atomic mass is 10.0. The van der Waals surface area contributed by atoms with E-state index < -0.39 is 0 Å². The number of furan rings is 1. The van der Waals surface area contributed by atoms with Gasteiger partial charge in [0.1, 0.15) is 17.0 Å². The first-order valence-electron chi connectivity index (χ1n) is 10.3. The normalized spacial score (nSPS) is 17.7. The Kier molecular flexibility index (Phi) is 5.15. The Hall–Kier alpha value is -2.91. The van der Waals surface area contributed by atoms with Crippen LogP contribution in [0.2, 0.25) is 0 Å². The van der Waals surface area contributed by atoms with Crippen LogP contribution in [0.1, 0.15) is 26.6 Å². The van der Waals surface area contributed by atoms with Crippen LogP contribution in [0, 0.1) is 6.92 Å². The van der Waals surface area contributed by atoms with E-state index >= 15 is 0 Å². The number of benzene rings is 1. The van der Waals surface area contributed by atoms with Crippen molar-refractivity contribution in [2.24, 2.45) is 0 Å². The van der Waals surface area contributed by atoms with Crippen molar-refractivity contribution in [1.29, 1.82) is 0 Å². The summed E-state index contributed by atoms with van der Waals surface area (Å²) in [6, 6.07) is 5.93. The molecule has 2 fully saturated rings. The number of hydrogen-bond acceptors (Lipinski definition) is 7. The first kappa shape index (κ1) is 20.0. The highest BCUT2D eigenvalue weighted by molar-refractivity contribution is 7.07. The monoisotopic (exact) mass is 440 g/mol. The predicted molar refractivity (Wildman–Crippen MR) is 117 cm³/mol. The number of nitrogens with zero attached hydrogens (tertiary/aromatic N) is 4. The van der Waals surface area contributed by atoms with Gasteiger partial charge in [-0.25, -0.2) is 4.98 Å². The number of likely N-dealkylation sites (tertiary alicyclic amines) is 1. The highest BCUT2D eigenvalue weighted by atomic mass is 32.1. The minimum Gasteiger partial charge on any atom is -0.497 e. The summed E-state index contributed by atoms with van der Waals surface area (Å²) in [7, 11) is 1.61. The molecule has 31 heavy (non-hydrogen) atoms. The zero-order valence-corrected chi connectivity index (χ0v) is 18.4. The number of carbonyl (C=O) groups is 2. The summed E-state index contributed by atoms with van der Waals surface area (Å²) in [5, 5.41) is 2.72. The van der Waals surface area contributed by atoms with Gasteiger partial charge in [-0.05, 0) is 19.1 Å². The maximum atomic E-state index is 13.0. The number of methoxy groups -OCH3 is 1.